The van der Waals surface area contributed by atoms with Crippen molar-refractivity contribution in [3.05, 3.63) is 59.9 Å². The highest BCUT2D eigenvalue weighted by atomic mass is 19.1. The Morgan fingerprint density at radius 2 is 1.23 bits per heavy atom. The highest BCUT2D eigenvalue weighted by Crippen LogP contribution is 2.31. The number of rotatable bonds is 4. The fourth-order valence-electron chi connectivity index (χ4n) is 2.47. The zero-order valence-electron chi connectivity index (χ0n) is 15.8. The summed E-state index contributed by atoms with van der Waals surface area (Å²) in [7, 11) is 0. The minimum atomic E-state index is -1.38. The van der Waals surface area contributed by atoms with E-state index in [4.69, 9.17) is 0 Å². The zero-order valence-corrected chi connectivity index (χ0v) is 15.8. The Hall–Kier alpha value is -2.69. The summed E-state index contributed by atoms with van der Waals surface area (Å²) < 4.78 is 13.8. The summed E-state index contributed by atoms with van der Waals surface area (Å²) in [5, 5.41) is 5.33. The highest BCUT2D eigenvalue weighted by molar-refractivity contribution is 6.14. The number of hydrogen-bond acceptors (Lipinski definition) is 2. The van der Waals surface area contributed by atoms with E-state index in [1.807, 2.05) is 45.0 Å². The van der Waals surface area contributed by atoms with E-state index in [1.165, 1.54) is 32.0 Å². The van der Waals surface area contributed by atoms with E-state index >= 15 is 0 Å². The second-order valence-electron chi connectivity index (χ2n) is 7.81. The van der Waals surface area contributed by atoms with Crippen LogP contribution in [-0.4, -0.2) is 11.8 Å². The third-order valence-corrected chi connectivity index (χ3v) is 4.24. The molecule has 0 aromatic heterocycles. The van der Waals surface area contributed by atoms with Gasteiger partial charge in [0, 0.05) is 5.69 Å². The van der Waals surface area contributed by atoms with Crippen LogP contribution in [-0.2, 0) is 15.0 Å². The van der Waals surface area contributed by atoms with Gasteiger partial charge in [0.15, 0.2) is 0 Å². The largest absolute Gasteiger partial charge is 0.325 e. The lowest BCUT2D eigenvalue weighted by Gasteiger charge is -2.26. The molecule has 0 fully saturated rings. The molecular weight excluding hydrogens is 331 g/mol. The molecule has 0 aliphatic heterocycles. The van der Waals surface area contributed by atoms with Gasteiger partial charge in [-0.2, -0.15) is 0 Å². The van der Waals surface area contributed by atoms with Crippen molar-refractivity contribution in [3.8, 4) is 0 Å². The molecule has 0 bridgehead atoms. The lowest BCUT2D eigenvalue weighted by Crippen LogP contribution is -2.42. The van der Waals surface area contributed by atoms with E-state index in [0.717, 1.165) is 5.56 Å². The van der Waals surface area contributed by atoms with Gasteiger partial charge in [-0.3, -0.25) is 9.59 Å². The average Bonchev–Trinajstić information content (AvgIpc) is 2.56. The number of benzene rings is 2. The number of carbonyl (C=O) groups is 2. The van der Waals surface area contributed by atoms with Gasteiger partial charge in [-0.15, -0.1) is 0 Å². The lowest BCUT2D eigenvalue weighted by molar-refractivity contribution is -0.135. The van der Waals surface area contributed by atoms with Gasteiger partial charge in [0.1, 0.15) is 11.2 Å². The first-order valence-electron chi connectivity index (χ1n) is 8.50. The number of anilines is 2. The van der Waals surface area contributed by atoms with Gasteiger partial charge in [0.25, 0.3) is 0 Å². The molecule has 2 rings (SSSR count). The van der Waals surface area contributed by atoms with Crippen LogP contribution in [0.2, 0.25) is 0 Å². The van der Waals surface area contributed by atoms with Crippen LogP contribution in [0.5, 0.6) is 0 Å². The van der Waals surface area contributed by atoms with Crippen molar-refractivity contribution in [2.75, 3.05) is 10.6 Å². The predicted octanol–water partition coefficient (Wildman–Crippen LogP) is 4.73. The first-order chi connectivity index (χ1) is 12.0. The van der Waals surface area contributed by atoms with Crippen LogP contribution >= 0.6 is 0 Å². The number of nitrogens with one attached hydrogen (secondary N) is 2. The van der Waals surface area contributed by atoms with Crippen LogP contribution in [0.4, 0.5) is 15.8 Å². The van der Waals surface area contributed by atoms with Crippen LogP contribution in [0.3, 0.4) is 0 Å². The Kier molecular flexibility index (Phi) is 5.50. The number of hydrogen-bond donors (Lipinski definition) is 2. The Morgan fingerprint density at radius 1 is 0.769 bits per heavy atom. The average molecular weight is 356 g/mol. The maximum atomic E-state index is 13.8. The first-order valence-corrected chi connectivity index (χ1v) is 8.50. The van der Waals surface area contributed by atoms with Crippen LogP contribution in [0.1, 0.15) is 40.2 Å². The summed E-state index contributed by atoms with van der Waals surface area (Å²) in [4.78, 5) is 25.3. The predicted molar refractivity (Wildman–Crippen MR) is 103 cm³/mol. The quantitative estimate of drug-likeness (QED) is 0.778. The van der Waals surface area contributed by atoms with Gasteiger partial charge in [0.05, 0.1) is 5.69 Å². The molecule has 5 heteroatoms. The summed E-state index contributed by atoms with van der Waals surface area (Å²) in [6.07, 6.45) is 0. The molecule has 4 nitrogen and oxygen atoms in total. The Bertz CT molecular complexity index is 823. The molecule has 0 radical (unpaired) electrons. The zero-order chi connectivity index (χ0) is 19.5. The van der Waals surface area contributed by atoms with Gasteiger partial charge in [-0.1, -0.05) is 51.1 Å². The van der Waals surface area contributed by atoms with Crippen molar-refractivity contribution < 1.29 is 14.0 Å². The van der Waals surface area contributed by atoms with E-state index in [-0.39, 0.29) is 11.1 Å². The van der Waals surface area contributed by atoms with Crippen molar-refractivity contribution in [3.63, 3.8) is 0 Å². The van der Waals surface area contributed by atoms with Gasteiger partial charge in [-0.25, -0.2) is 4.39 Å². The summed E-state index contributed by atoms with van der Waals surface area (Å²) in [6, 6.07) is 13.4. The van der Waals surface area contributed by atoms with Gasteiger partial charge >= 0.3 is 0 Å². The standard InChI is InChI=1S/C21H25FN2O2/c1-20(2,3)14-10-6-8-12-16(14)23-18(25)21(4,5)19(26)24-17-13-9-7-11-15(17)22/h6-13H,1-5H3,(H,23,25)(H,24,26). The van der Waals surface area contributed by atoms with Crippen molar-refractivity contribution in [2.24, 2.45) is 5.41 Å². The second kappa shape index (κ2) is 7.28. The van der Waals surface area contributed by atoms with Crippen LogP contribution in [0, 0.1) is 11.2 Å². The molecule has 0 saturated carbocycles. The molecule has 2 aromatic rings. The fourth-order valence-corrected chi connectivity index (χ4v) is 2.47. The summed E-state index contributed by atoms with van der Waals surface area (Å²) in [6.45, 7) is 9.17. The fraction of sp³-hybridized carbons (Fsp3) is 0.333. The SMILES string of the molecule is CC(C)(C(=O)Nc1ccccc1F)C(=O)Nc1ccccc1C(C)(C)C. The van der Waals surface area contributed by atoms with Crippen molar-refractivity contribution in [1.29, 1.82) is 0 Å². The van der Waals surface area contributed by atoms with E-state index in [9.17, 15) is 14.0 Å². The van der Waals surface area contributed by atoms with E-state index < -0.39 is 23.0 Å². The molecule has 0 aliphatic rings. The lowest BCUT2D eigenvalue weighted by atomic mass is 9.85. The highest BCUT2D eigenvalue weighted by Gasteiger charge is 2.37. The normalized spacial score (nSPS) is 11.8. The maximum Gasteiger partial charge on any atom is 0.239 e. The van der Waals surface area contributed by atoms with Gasteiger partial charge in [0.2, 0.25) is 11.8 Å². The summed E-state index contributed by atoms with van der Waals surface area (Å²) in [5.41, 5.74) is 0.139. The minimum absolute atomic E-state index is 0.0495. The first kappa shape index (κ1) is 19.6. The molecule has 0 heterocycles. The number of halogens is 1. The molecule has 0 aliphatic carbocycles. The third-order valence-electron chi connectivity index (χ3n) is 4.24. The maximum absolute atomic E-state index is 13.8. The molecule has 0 spiro atoms. The Balaban J connectivity index is 2.21. The molecule has 2 aromatic carbocycles. The Morgan fingerprint density at radius 3 is 1.77 bits per heavy atom. The minimum Gasteiger partial charge on any atom is -0.325 e. The molecule has 2 amide bonds. The number of amides is 2. The molecule has 26 heavy (non-hydrogen) atoms. The van der Waals surface area contributed by atoms with Crippen LogP contribution in [0.25, 0.3) is 0 Å². The van der Waals surface area contributed by atoms with E-state index in [2.05, 4.69) is 10.6 Å². The molecular formula is C21H25FN2O2. The van der Waals surface area contributed by atoms with Gasteiger partial charge < -0.3 is 10.6 Å². The number of carbonyl (C=O) groups excluding carboxylic acids is 2. The molecule has 0 unspecified atom stereocenters. The monoisotopic (exact) mass is 356 g/mol. The van der Waals surface area contributed by atoms with E-state index in [0.29, 0.717) is 5.69 Å². The number of para-hydroxylation sites is 2. The van der Waals surface area contributed by atoms with Crippen molar-refractivity contribution in [2.45, 2.75) is 40.0 Å². The Labute approximate surface area is 153 Å². The smallest absolute Gasteiger partial charge is 0.239 e. The second-order valence-corrected chi connectivity index (χ2v) is 7.81. The van der Waals surface area contributed by atoms with Crippen molar-refractivity contribution in [1.82, 2.24) is 0 Å². The molecule has 0 atom stereocenters. The topological polar surface area (TPSA) is 58.2 Å². The third kappa shape index (κ3) is 4.28. The summed E-state index contributed by atoms with van der Waals surface area (Å²) >= 11 is 0. The van der Waals surface area contributed by atoms with Crippen molar-refractivity contribution >= 4 is 23.2 Å². The van der Waals surface area contributed by atoms with Crippen LogP contribution < -0.4 is 10.6 Å². The summed E-state index contributed by atoms with van der Waals surface area (Å²) in [5.74, 6) is -1.58. The van der Waals surface area contributed by atoms with Crippen LogP contribution in [0.15, 0.2) is 48.5 Å². The molecule has 0 saturated heterocycles. The molecule has 138 valence electrons. The molecule has 2 N–H and O–H groups in total. The van der Waals surface area contributed by atoms with E-state index in [1.54, 1.807) is 6.07 Å². The van der Waals surface area contributed by atoms with Gasteiger partial charge in [-0.05, 0) is 43.0 Å².